The van der Waals surface area contributed by atoms with E-state index in [0.29, 0.717) is 5.75 Å². The number of hydrogen-bond acceptors (Lipinski definition) is 6. The molecule has 0 saturated heterocycles. The van der Waals surface area contributed by atoms with E-state index in [2.05, 4.69) is 12.6 Å². The lowest BCUT2D eigenvalue weighted by Gasteiger charge is -2.16. The molecule has 0 heterocycles. The second-order valence-electron chi connectivity index (χ2n) is 2.31. The highest BCUT2D eigenvalue weighted by Crippen LogP contribution is 2.19. The van der Waals surface area contributed by atoms with Crippen molar-refractivity contribution in [2.24, 2.45) is 0 Å². The third-order valence-electron chi connectivity index (χ3n) is 1.19. The lowest BCUT2D eigenvalue weighted by Crippen LogP contribution is -2.25. The predicted octanol–water partition coefficient (Wildman–Crippen LogP) is -1.32. The average Bonchev–Trinajstić information content (AvgIpc) is 2.11. The van der Waals surface area contributed by atoms with E-state index in [4.69, 9.17) is 20.4 Å². The summed E-state index contributed by atoms with van der Waals surface area (Å²) in [7, 11) is 0. The standard InChI is InChI=1S/C6H14O4S2/c7-1-4(9)3-12-6(11)5(10)2-8/h4-11H,1-3H2. The molecule has 6 heteroatoms. The number of thioether (sulfide) groups is 1. The van der Waals surface area contributed by atoms with Crippen molar-refractivity contribution in [1.82, 2.24) is 0 Å². The molecular formula is C6H14O4S2. The highest BCUT2D eigenvalue weighted by Gasteiger charge is 2.15. The molecule has 0 aliphatic rings. The average molecular weight is 214 g/mol. The van der Waals surface area contributed by atoms with Gasteiger partial charge >= 0.3 is 0 Å². The molecule has 3 unspecified atom stereocenters. The van der Waals surface area contributed by atoms with Gasteiger partial charge in [-0.15, -0.1) is 11.8 Å². The van der Waals surface area contributed by atoms with Gasteiger partial charge in [-0.3, -0.25) is 0 Å². The summed E-state index contributed by atoms with van der Waals surface area (Å²) in [4.78, 5) is 0. The zero-order valence-corrected chi connectivity index (χ0v) is 8.21. The SMILES string of the molecule is OCC(O)CSC(S)C(O)CO. The Hall–Kier alpha value is 0.540. The van der Waals surface area contributed by atoms with Crippen LogP contribution in [0.1, 0.15) is 0 Å². The molecule has 0 amide bonds. The van der Waals surface area contributed by atoms with E-state index in [1.807, 2.05) is 0 Å². The third-order valence-corrected chi connectivity index (χ3v) is 3.21. The van der Waals surface area contributed by atoms with Crippen LogP contribution >= 0.6 is 24.4 Å². The first kappa shape index (κ1) is 12.5. The molecule has 74 valence electrons. The van der Waals surface area contributed by atoms with Gasteiger partial charge in [-0.2, -0.15) is 12.6 Å². The minimum Gasteiger partial charge on any atom is -0.394 e. The summed E-state index contributed by atoms with van der Waals surface area (Å²) in [5.74, 6) is 0.293. The summed E-state index contributed by atoms with van der Waals surface area (Å²) < 4.78 is -0.434. The molecule has 0 radical (unpaired) electrons. The van der Waals surface area contributed by atoms with Gasteiger partial charge in [0.2, 0.25) is 0 Å². The molecule has 0 rings (SSSR count). The van der Waals surface area contributed by atoms with E-state index < -0.39 is 16.8 Å². The number of aliphatic hydroxyl groups is 4. The number of aliphatic hydroxyl groups excluding tert-OH is 4. The van der Waals surface area contributed by atoms with Crippen LogP contribution in [0.5, 0.6) is 0 Å². The van der Waals surface area contributed by atoms with Crippen LogP contribution in [-0.4, -0.2) is 56.2 Å². The summed E-state index contributed by atoms with van der Waals surface area (Å²) in [5.41, 5.74) is 0. The van der Waals surface area contributed by atoms with E-state index in [1.54, 1.807) is 0 Å². The second-order valence-corrected chi connectivity index (χ2v) is 4.39. The van der Waals surface area contributed by atoms with Crippen molar-refractivity contribution < 1.29 is 20.4 Å². The van der Waals surface area contributed by atoms with Gasteiger partial charge in [-0.25, -0.2) is 0 Å². The van der Waals surface area contributed by atoms with Crippen LogP contribution < -0.4 is 0 Å². The minimum absolute atomic E-state index is 0.293. The van der Waals surface area contributed by atoms with Crippen molar-refractivity contribution >= 4 is 24.4 Å². The van der Waals surface area contributed by atoms with Gasteiger partial charge in [-0.05, 0) is 0 Å². The van der Waals surface area contributed by atoms with Crippen molar-refractivity contribution in [2.75, 3.05) is 19.0 Å². The molecule has 3 atom stereocenters. The van der Waals surface area contributed by atoms with Gasteiger partial charge < -0.3 is 20.4 Å². The molecule has 0 saturated carbocycles. The Balaban J connectivity index is 3.49. The van der Waals surface area contributed by atoms with E-state index in [0.717, 1.165) is 0 Å². The largest absolute Gasteiger partial charge is 0.394 e. The normalized spacial score (nSPS) is 18.8. The highest BCUT2D eigenvalue weighted by molar-refractivity contribution is 8.10. The molecule has 4 N–H and O–H groups in total. The summed E-state index contributed by atoms with van der Waals surface area (Å²) in [5, 5.41) is 34.9. The Labute approximate surface area is 81.0 Å². The summed E-state index contributed by atoms with van der Waals surface area (Å²) in [6, 6.07) is 0. The van der Waals surface area contributed by atoms with E-state index in [9.17, 15) is 0 Å². The Bertz CT molecular complexity index is 114. The third kappa shape index (κ3) is 5.23. The first-order valence-electron chi connectivity index (χ1n) is 3.49. The quantitative estimate of drug-likeness (QED) is 0.280. The Kier molecular flexibility index (Phi) is 7.31. The van der Waals surface area contributed by atoms with Gasteiger partial charge in [0.1, 0.15) is 0 Å². The summed E-state index contributed by atoms with van der Waals surface area (Å²) in [6.45, 7) is -0.654. The van der Waals surface area contributed by atoms with E-state index in [-0.39, 0.29) is 13.2 Å². The Morgan fingerprint density at radius 2 is 1.75 bits per heavy atom. The van der Waals surface area contributed by atoms with Crippen LogP contribution in [0.2, 0.25) is 0 Å². The molecule has 0 bridgehead atoms. The fourth-order valence-electron chi connectivity index (χ4n) is 0.464. The molecule has 0 aromatic rings. The van der Waals surface area contributed by atoms with Crippen LogP contribution in [0.25, 0.3) is 0 Å². The number of rotatable bonds is 6. The lowest BCUT2D eigenvalue weighted by molar-refractivity contribution is 0.106. The Morgan fingerprint density at radius 3 is 2.17 bits per heavy atom. The van der Waals surface area contributed by atoms with Gasteiger partial charge in [0.25, 0.3) is 0 Å². The molecule has 0 aliphatic carbocycles. The molecule has 12 heavy (non-hydrogen) atoms. The minimum atomic E-state index is -0.899. The van der Waals surface area contributed by atoms with Gasteiger partial charge in [-0.1, -0.05) is 0 Å². The Morgan fingerprint density at radius 1 is 1.17 bits per heavy atom. The fraction of sp³-hybridized carbons (Fsp3) is 1.00. The van der Waals surface area contributed by atoms with Gasteiger partial charge in [0.15, 0.2) is 0 Å². The number of thiol groups is 1. The molecule has 0 aliphatic heterocycles. The van der Waals surface area contributed by atoms with Crippen LogP contribution in [-0.2, 0) is 0 Å². The maximum atomic E-state index is 9.02. The van der Waals surface area contributed by atoms with E-state index >= 15 is 0 Å². The zero-order chi connectivity index (χ0) is 9.56. The first-order chi connectivity index (χ1) is 5.61. The smallest absolute Gasteiger partial charge is 0.0977 e. The second kappa shape index (κ2) is 6.99. The molecule has 0 aromatic carbocycles. The summed E-state index contributed by atoms with van der Waals surface area (Å²) >= 11 is 5.16. The maximum Gasteiger partial charge on any atom is 0.0977 e. The molecular weight excluding hydrogens is 200 g/mol. The van der Waals surface area contributed by atoms with Crippen LogP contribution in [0.15, 0.2) is 0 Å². The van der Waals surface area contributed by atoms with Crippen LogP contribution in [0.4, 0.5) is 0 Å². The molecule has 0 fully saturated rings. The highest BCUT2D eigenvalue weighted by atomic mass is 32.2. The van der Waals surface area contributed by atoms with Crippen molar-refractivity contribution in [2.45, 2.75) is 16.8 Å². The lowest BCUT2D eigenvalue weighted by atomic mass is 10.4. The van der Waals surface area contributed by atoms with Crippen LogP contribution in [0.3, 0.4) is 0 Å². The zero-order valence-electron chi connectivity index (χ0n) is 6.50. The first-order valence-corrected chi connectivity index (χ1v) is 5.05. The van der Waals surface area contributed by atoms with Crippen molar-refractivity contribution in [3.8, 4) is 0 Å². The van der Waals surface area contributed by atoms with Crippen LogP contribution in [0, 0.1) is 0 Å². The van der Waals surface area contributed by atoms with Crippen molar-refractivity contribution in [3.05, 3.63) is 0 Å². The topological polar surface area (TPSA) is 80.9 Å². The fourth-order valence-corrected chi connectivity index (χ4v) is 1.65. The van der Waals surface area contributed by atoms with Gasteiger partial charge in [0, 0.05) is 5.75 Å². The summed E-state index contributed by atoms with van der Waals surface area (Å²) in [6.07, 6.45) is -1.69. The van der Waals surface area contributed by atoms with E-state index in [1.165, 1.54) is 11.8 Å². The van der Waals surface area contributed by atoms with Crippen molar-refractivity contribution in [3.63, 3.8) is 0 Å². The molecule has 4 nitrogen and oxygen atoms in total. The van der Waals surface area contributed by atoms with Gasteiger partial charge in [0.05, 0.1) is 30.0 Å². The maximum absolute atomic E-state index is 9.02. The predicted molar refractivity (Wildman–Crippen MR) is 51.4 cm³/mol. The molecule has 0 spiro atoms. The monoisotopic (exact) mass is 214 g/mol. The molecule has 0 aromatic heterocycles. The van der Waals surface area contributed by atoms with Crippen molar-refractivity contribution in [1.29, 1.82) is 0 Å². The number of hydrogen-bond donors (Lipinski definition) is 5.